The SMILES string of the molecule is Cc1cc2cc(C)c(C(C)(C)C)cc2cc1OC(C)(C)C. The average molecular weight is 284 g/mol. The Morgan fingerprint density at radius 2 is 1.24 bits per heavy atom. The van der Waals surface area contributed by atoms with Crippen molar-refractivity contribution in [3.63, 3.8) is 0 Å². The van der Waals surface area contributed by atoms with Crippen LogP contribution in [0.5, 0.6) is 5.75 Å². The molecule has 0 bridgehead atoms. The molecule has 1 nitrogen and oxygen atoms in total. The van der Waals surface area contributed by atoms with E-state index in [0.29, 0.717) is 0 Å². The quantitative estimate of drug-likeness (QED) is 0.630. The Morgan fingerprint density at radius 3 is 1.76 bits per heavy atom. The van der Waals surface area contributed by atoms with Crippen LogP contribution in [0.2, 0.25) is 0 Å². The van der Waals surface area contributed by atoms with Gasteiger partial charge >= 0.3 is 0 Å². The van der Waals surface area contributed by atoms with Gasteiger partial charge in [-0.25, -0.2) is 0 Å². The molecule has 0 saturated heterocycles. The lowest BCUT2D eigenvalue weighted by molar-refractivity contribution is 0.130. The fraction of sp³-hybridized carbons (Fsp3) is 0.500. The van der Waals surface area contributed by atoms with Gasteiger partial charge in [-0.1, -0.05) is 32.9 Å². The maximum absolute atomic E-state index is 6.10. The van der Waals surface area contributed by atoms with Crippen LogP contribution in [0.25, 0.3) is 10.8 Å². The molecule has 0 aliphatic rings. The van der Waals surface area contributed by atoms with Gasteiger partial charge < -0.3 is 4.74 Å². The summed E-state index contributed by atoms with van der Waals surface area (Å²) in [4.78, 5) is 0. The van der Waals surface area contributed by atoms with Crippen LogP contribution in [0.1, 0.15) is 58.2 Å². The van der Waals surface area contributed by atoms with E-state index in [1.807, 2.05) is 0 Å². The van der Waals surface area contributed by atoms with Crippen molar-refractivity contribution in [3.8, 4) is 5.75 Å². The molecule has 0 heterocycles. The second kappa shape index (κ2) is 5.05. The van der Waals surface area contributed by atoms with Crippen molar-refractivity contribution in [2.45, 2.75) is 66.4 Å². The van der Waals surface area contributed by atoms with Crippen LogP contribution in [-0.4, -0.2) is 5.60 Å². The lowest BCUT2D eigenvalue weighted by Gasteiger charge is -2.25. The Bertz CT molecular complexity index is 667. The number of hydrogen-bond donors (Lipinski definition) is 0. The molecule has 0 aliphatic carbocycles. The number of benzene rings is 2. The molecule has 0 unspecified atom stereocenters. The zero-order chi connectivity index (χ0) is 16.0. The van der Waals surface area contributed by atoms with Crippen molar-refractivity contribution in [2.75, 3.05) is 0 Å². The third-order valence-electron chi connectivity index (χ3n) is 3.70. The molecule has 0 N–H and O–H groups in total. The van der Waals surface area contributed by atoms with Gasteiger partial charge in [-0.3, -0.25) is 0 Å². The molecule has 0 amide bonds. The Hall–Kier alpha value is -1.50. The highest BCUT2D eigenvalue weighted by Crippen LogP contribution is 2.33. The standard InChI is InChI=1S/C20H28O/c1-13-9-15-10-14(2)18(21-20(6,7)8)12-16(15)11-17(13)19(3,4)5/h9-12H,1-8H3. The average Bonchev–Trinajstić information content (AvgIpc) is 2.26. The Morgan fingerprint density at radius 1 is 0.714 bits per heavy atom. The van der Waals surface area contributed by atoms with E-state index in [4.69, 9.17) is 4.74 Å². The molecule has 0 atom stereocenters. The van der Waals surface area contributed by atoms with Crippen LogP contribution in [0.15, 0.2) is 24.3 Å². The van der Waals surface area contributed by atoms with E-state index in [1.165, 1.54) is 27.5 Å². The molecule has 1 heteroatoms. The zero-order valence-electron chi connectivity index (χ0n) is 14.7. The van der Waals surface area contributed by atoms with Gasteiger partial charge in [0, 0.05) is 0 Å². The van der Waals surface area contributed by atoms with Crippen molar-refractivity contribution in [1.82, 2.24) is 0 Å². The Kier molecular flexibility index (Phi) is 3.82. The van der Waals surface area contributed by atoms with Gasteiger partial charge in [0.2, 0.25) is 0 Å². The summed E-state index contributed by atoms with van der Waals surface area (Å²) in [6, 6.07) is 9.03. The first-order valence-electron chi connectivity index (χ1n) is 7.72. The lowest BCUT2D eigenvalue weighted by Crippen LogP contribution is -2.23. The van der Waals surface area contributed by atoms with E-state index in [1.54, 1.807) is 0 Å². The monoisotopic (exact) mass is 284 g/mol. The van der Waals surface area contributed by atoms with Crippen molar-refractivity contribution in [1.29, 1.82) is 0 Å². The first-order valence-corrected chi connectivity index (χ1v) is 7.72. The number of fused-ring (bicyclic) bond motifs is 1. The molecule has 2 aromatic rings. The van der Waals surface area contributed by atoms with Crippen LogP contribution < -0.4 is 4.74 Å². The van der Waals surface area contributed by atoms with E-state index < -0.39 is 0 Å². The molecule has 0 fully saturated rings. The van der Waals surface area contributed by atoms with Gasteiger partial charge in [-0.15, -0.1) is 0 Å². The summed E-state index contributed by atoms with van der Waals surface area (Å²) in [6.07, 6.45) is 0. The minimum absolute atomic E-state index is 0.161. The van der Waals surface area contributed by atoms with Crippen LogP contribution >= 0.6 is 0 Å². The molecule has 114 valence electrons. The first-order chi connectivity index (χ1) is 9.47. The molecule has 0 saturated carbocycles. The fourth-order valence-corrected chi connectivity index (χ4v) is 2.80. The van der Waals surface area contributed by atoms with E-state index >= 15 is 0 Å². The summed E-state index contributed by atoms with van der Waals surface area (Å²) < 4.78 is 6.10. The lowest BCUT2D eigenvalue weighted by atomic mass is 9.82. The molecule has 21 heavy (non-hydrogen) atoms. The molecule has 0 aromatic heterocycles. The van der Waals surface area contributed by atoms with Crippen molar-refractivity contribution in [2.24, 2.45) is 0 Å². The van der Waals surface area contributed by atoms with E-state index in [2.05, 4.69) is 79.7 Å². The van der Waals surface area contributed by atoms with Gasteiger partial charge in [-0.2, -0.15) is 0 Å². The fourth-order valence-electron chi connectivity index (χ4n) is 2.80. The number of aryl methyl sites for hydroxylation is 2. The summed E-state index contributed by atoms with van der Waals surface area (Å²) in [6.45, 7) is 17.4. The smallest absolute Gasteiger partial charge is 0.123 e. The molecule has 0 radical (unpaired) electrons. The van der Waals surface area contributed by atoms with Gasteiger partial charge in [-0.05, 0) is 79.6 Å². The topological polar surface area (TPSA) is 9.23 Å². The summed E-state index contributed by atoms with van der Waals surface area (Å²) in [5, 5.41) is 2.55. The van der Waals surface area contributed by atoms with Crippen LogP contribution in [-0.2, 0) is 5.41 Å². The van der Waals surface area contributed by atoms with Crippen LogP contribution in [0, 0.1) is 13.8 Å². The number of hydrogen-bond acceptors (Lipinski definition) is 1. The zero-order valence-corrected chi connectivity index (χ0v) is 14.7. The summed E-state index contributed by atoms with van der Waals surface area (Å²) in [7, 11) is 0. The van der Waals surface area contributed by atoms with Crippen LogP contribution in [0.3, 0.4) is 0 Å². The molecule has 0 aliphatic heterocycles. The summed E-state index contributed by atoms with van der Waals surface area (Å²) in [5.41, 5.74) is 3.95. The van der Waals surface area contributed by atoms with Crippen molar-refractivity contribution >= 4 is 10.8 Å². The predicted octanol–water partition coefficient (Wildman–Crippen LogP) is 5.93. The van der Waals surface area contributed by atoms with Crippen molar-refractivity contribution in [3.05, 3.63) is 41.0 Å². The number of rotatable bonds is 1. The van der Waals surface area contributed by atoms with Gasteiger partial charge in [0.15, 0.2) is 0 Å². The molecule has 2 aromatic carbocycles. The Labute approximate surface area is 129 Å². The highest BCUT2D eigenvalue weighted by Gasteiger charge is 2.18. The summed E-state index contributed by atoms with van der Waals surface area (Å²) in [5.74, 6) is 0.985. The predicted molar refractivity (Wildman–Crippen MR) is 92.5 cm³/mol. The van der Waals surface area contributed by atoms with E-state index in [-0.39, 0.29) is 11.0 Å². The summed E-state index contributed by atoms with van der Waals surface area (Å²) >= 11 is 0. The Balaban J connectivity index is 2.63. The van der Waals surface area contributed by atoms with Gasteiger partial charge in [0.25, 0.3) is 0 Å². The largest absolute Gasteiger partial charge is 0.488 e. The second-order valence-electron chi connectivity index (χ2n) is 8.10. The van der Waals surface area contributed by atoms with E-state index in [0.717, 1.165) is 5.75 Å². The van der Waals surface area contributed by atoms with E-state index in [9.17, 15) is 0 Å². The third-order valence-corrected chi connectivity index (χ3v) is 3.70. The maximum atomic E-state index is 6.10. The third kappa shape index (κ3) is 3.58. The number of ether oxygens (including phenoxy) is 1. The minimum atomic E-state index is -0.171. The molecule has 0 spiro atoms. The maximum Gasteiger partial charge on any atom is 0.123 e. The molecule has 2 rings (SSSR count). The minimum Gasteiger partial charge on any atom is -0.488 e. The van der Waals surface area contributed by atoms with Crippen molar-refractivity contribution < 1.29 is 4.74 Å². The normalized spacial score (nSPS) is 12.8. The second-order valence-corrected chi connectivity index (χ2v) is 8.10. The first kappa shape index (κ1) is 15.9. The highest BCUT2D eigenvalue weighted by atomic mass is 16.5. The highest BCUT2D eigenvalue weighted by molar-refractivity contribution is 5.86. The molecular weight excluding hydrogens is 256 g/mol. The van der Waals surface area contributed by atoms with Gasteiger partial charge in [0.1, 0.15) is 11.4 Å². The van der Waals surface area contributed by atoms with Gasteiger partial charge in [0.05, 0.1) is 0 Å². The van der Waals surface area contributed by atoms with Crippen LogP contribution in [0.4, 0.5) is 0 Å². The molecular formula is C20H28O.